The molecule has 3 N–H and O–H groups in total. The van der Waals surface area contributed by atoms with Gasteiger partial charge in [0.1, 0.15) is 18.8 Å². The van der Waals surface area contributed by atoms with Gasteiger partial charge in [-0.3, -0.25) is 4.79 Å². The first-order valence-electron chi connectivity index (χ1n) is 2.32. The highest BCUT2D eigenvalue weighted by molar-refractivity contribution is 5.78. The summed E-state index contributed by atoms with van der Waals surface area (Å²) in [5.74, 6) is -0.516. The SMILES string of the molecule is N[C@@H]1C(=O)OC[C@H]1O. The first-order chi connectivity index (χ1) is 3.72. The summed E-state index contributed by atoms with van der Waals surface area (Å²) in [6.45, 7) is 0.0417. The molecule has 46 valence electrons. The zero-order chi connectivity index (χ0) is 6.15. The second-order valence-electron chi connectivity index (χ2n) is 1.72. The van der Waals surface area contributed by atoms with E-state index in [0.717, 1.165) is 0 Å². The summed E-state index contributed by atoms with van der Waals surface area (Å²) >= 11 is 0. The summed E-state index contributed by atoms with van der Waals surface area (Å²) in [7, 11) is 0. The molecule has 0 amide bonds. The molecule has 0 aromatic carbocycles. The Kier molecular flexibility index (Phi) is 1.19. The van der Waals surface area contributed by atoms with Crippen LogP contribution in [0.2, 0.25) is 0 Å². The van der Waals surface area contributed by atoms with Gasteiger partial charge in [0, 0.05) is 0 Å². The summed E-state index contributed by atoms with van der Waals surface area (Å²) in [6.07, 6.45) is -0.803. The monoisotopic (exact) mass is 117 g/mol. The molecule has 0 bridgehead atoms. The lowest BCUT2D eigenvalue weighted by Crippen LogP contribution is -2.35. The number of cyclic esters (lactones) is 1. The highest BCUT2D eigenvalue weighted by Gasteiger charge is 2.31. The largest absolute Gasteiger partial charge is 0.462 e. The molecule has 1 saturated heterocycles. The van der Waals surface area contributed by atoms with Gasteiger partial charge in [0.05, 0.1) is 0 Å². The van der Waals surface area contributed by atoms with E-state index < -0.39 is 18.1 Å². The molecule has 1 aliphatic rings. The molecule has 0 spiro atoms. The third-order valence-corrected chi connectivity index (χ3v) is 1.08. The molecule has 4 heteroatoms. The van der Waals surface area contributed by atoms with Crippen molar-refractivity contribution in [1.29, 1.82) is 0 Å². The standard InChI is InChI=1S/C4H7NO3/c5-3-2(6)1-8-4(3)7/h2-3,6H,1,5H2/t2-,3+/m1/s1. The van der Waals surface area contributed by atoms with Crippen LogP contribution in [0.1, 0.15) is 0 Å². The molecule has 0 saturated carbocycles. The number of carbonyl (C=O) groups is 1. The van der Waals surface area contributed by atoms with E-state index in [9.17, 15) is 4.79 Å². The smallest absolute Gasteiger partial charge is 0.325 e. The van der Waals surface area contributed by atoms with Crippen molar-refractivity contribution < 1.29 is 14.6 Å². The zero-order valence-corrected chi connectivity index (χ0v) is 4.20. The van der Waals surface area contributed by atoms with Crippen molar-refractivity contribution in [2.45, 2.75) is 12.1 Å². The fraction of sp³-hybridized carbons (Fsp3) is 0.750. The molecule has 1 aliphatic heterocycles. The number of aliphatic hydroxyl groups excluding tert-OH is 1. The van der Waals surface area contributed by atoms with Crippen molar-refractivity contribution in [2.75, 3.05) is 6.61 Å². The van der Waals surface area contributed by atoms with Crippen molar-refractivity contribution in [1.82, 2.24) is 0 Å². The molecule has 8 heavy (non-hydrogen) atoms. The summed E-state index contributed by atoms with van der Waals surface area (Å²) < 4.78 is 4.36. The molecule has 0 aromatic heterocycles. The van der Waals surface area contributed by atoms with Gasteiger partial charge < -0.3 is 15.6 Å². The van der Waals surface area contributed by atoms with Crippen molar-refractivity contribution in [3.05, 3.63) is 0 Å². The lowest BCUT2D eigenvalue weighted by atomic mass is 10.2. The van der Waals surface area contributed by atoms with Crippen LogP contribution < -0.4 is 5.73 Å². The fourth-order valence-corrected chi connectivity index (χ4v) is 0.524. The summed E-state index contributed by atoms with van der Waals surface area (Å²) in [5, 5.41) is 8.70. The maximum atomic E-state index is 10.3. The second-order valence-corrected chi connectivity index (χ2v) is 1.72. The Hall–Kier alpha value is -0.610. The third kappa shape index (κ3) is 0.677. The van der Waals surface area contributed by atoms with Crippen LogP contribution in [0.5, 0.6) is 0 Å². The van der Waals surface area contributed by atoms with Crippen LogP contribution in [0.3, 0.4) is 0 Å². The first kappa shape index (κ1) is 5.53. The predicted octanol–water partition coefficient (Wildman–Crippen LogP) is -1.77. The molecule has 4 nitrogen and oxygen atoms in total. The second kappa shape index (κ2) is 1.72. The minimum absolute atomic E-state index is 0.0417. The fourth-order valence-electron chi connectivity index (χ4n) is 0.524. The van der Waals surface area contributed by atoms with Crippen LogP contribution in [-0.4, -0.2) is 29.8 Å². The number of aliphatic hydroxyl groups is 1. The van der Waals surface area contributed by atoms with Crippen molar-refractivity contribution >= 4 is 5.97 Å². The highest BCUT2D eigenvalue weighted by Crippen LogP contribution is 2.02. The van der Waals surface area contributed by atoms with E-state index >= 15 is 0 Å². The quantitative estimate of drug-likeness (QED) is 0.368. The number of ether oxygens (including phenoxy) is 1. The molecule has 1 heterocycles. The minimum atomic E-state index is -0.824. The predicted molar refractivity (Wildman–Crippen MR) is 24.9 cm³/mol. The Morgan fingerprint density at radius 2 is 2.50 bits per heavy atom. The average Bonchev–Trinajstić information content (AvgIpc) is 1.98. The average molecular weight is 117 g/mol. The van der Waals surface area contributed by atoms with Crippen molar-refractivity contribution in [2.24, 2.45) is 5.73 Å². The molecule has 2 atom stereocenters. The van der Waals surface area contributed by atoms with Crippen LogP contribution in [0.4, 0.5) is 0 Å². The van der Waals surface area contributed by atoms with E-state index in [2.05, 4.69) is 4.74 Å². The maximum absolute atomic E-state index is 10.3. The van der Waals surface area contributed by atoms with Crippen LogP contribution in [0, 0.1) is 0 Å². The van der Waals surface area contributed by atoms with Crippen LogP contribution >= 0.6 is 0 Å². The number of carbonyl (C=O) groups excluding carboxylic acids is 1. The maximum Gasteiger partial charge on any atom is 0.325 e. The third-order valence-electron chi connectivity index (χ3n) is 1.08. The topological polar surface area (TPSA) is 72.6 Å². The Bertz CT molecular complexity index is 114. The lowest BCUT2D eigenvalue weighted by molar-refractivity contribution is -0.139. The van der Waals surface area contributed by atoms with Crippen LogP contribution in [0.15, 0.2) is 0 Å². The number of esters is 1. The number of nitrogens with two attached hydrogens (primary N) is 1. The van der Waals surface area contributed by atoms with Crippen molar-refractivity contribution in [3.63, 3.8) is 0 Å². The van der Waals surface area contributed by atoms with E-state index in [1.54, 1.807) is 0 Å². The molecule has 0 radical (unpaired) electrons. The van der Waals surface area contributed by atoms with Crippen LogP contribution in [0.25, 0.3) is 0 Å². The van der Waals surface area contributed by atoms with E-state index in [1.165, 1.54) is 0 Å². The summed E-state index contributed by atoms with van der Waals surface area (Å²) in [5.41, 5.74) is 5.10. The van der Waals surface area contributed by atoms with Gasteiger partial charge in [-0.25, -0.2) is 0 Å². The molecule has 0 unspecified atom stereocenters. The number of hydrogen-bond acceptors (Lipinski definition) is 4. The van der Waals surface area contributed by atoms with Gasteiger partial charge in [0.15, 0.2) is 0 Å². The zero-order valence-electron chi connectivity index (χ0n) is 4.20. The number of hydrogen-bond donors (Lipinski definition) is 2. The van der Waals surface area contributed by atoms with E-state index in [0.29, 0.717) is 0 Å². The highest BCUT2D eigenvalue weighted by atomic mass is 16.6. The Morgan fingerprint density at radius 3 is 2.62 bits per heavy atom. The Balaban J connectivity index is 2.56. The molecule has 1 fully saturated rings. The summed E-state index contributed by atoms with van der Waals surface area (Å²) in [6, 6.07) is -0.824. The number of rotatable bonds is 0. The van der Waals surface area contributed by atoms with Gasteiger partial charge in [-0.2, -0.15) is 0 Å². The first-order valence-corrected chi connectivity index (χ1v) is 2.32. The molecule has 0 aromatic rings. The lowest BCUT2D eigenvalue weighted by Gasteiger charge is -1.98. The van der Waals surface area contributed by atoms with Gasteiger partial charge in [-0.15, -0.1) is 0 Å². The molecular weight excluding hydrogens is 110 g/mol. The van der Waals surface area contributed by atoms with E-state index in [4.69, 9.17) is 10.8 Å². The van der Waals surface area contributed by atoms with Gasteiger partial charge in [0.25, 0.3) is 0 Å². The minimum Gasteiger partial charge on any atom is -0.462 e. The summed E-state index contributed by atoms with van der Waals surface area (Å²) in [4.78, 5) is 10.3. The molecular formula is C4H7NO3. The van der Waals surface area contributed by atoms with Gasteiger partial charge >= 0.3 is 5.97 Å². The molecule has 0 aliphatic carbocycles. The normalized spacial score (nSPS) is 37.5. The van der Waals surface area contributed by atoms with Crippen molar-refractivity contribution in [3.8, 4) is 0 Å². The van der Waals surface area contributed by atoms with Crippen LogP contribution in [-0.2, 0) is 9.53 Å². The Labute approximate surface area is 46.2 Å². The van der Waals surface area contributed by atoms with Gasteiger partial charge in [-0.05, 0) is 0 Å². The Morgan fingerprint density at radius 1 is 1.88 bits per heavy atom. The van der Waals surface area contributed by atoms with E-state index in [-0.39, 0.29) is 6.61 Å². The van der Waals surface area contributed by atoms with Gasteiger partial charge in [0.2, 0.25) is 0 Å². The molecule has 1 rings (SSSR count). The van der Waals surface area contributed by atoms with Gasteiger partial charge in [-0.1, -0.05) is 0 Å². The van der Waals surface area contributed by atoms with E-state index in [1.807, 2.05) is 0 Å².